The average Bonchev–Trinajstić information content (AvgIpc) is 3.12. The first-order chi connectivity index (χ1) is 18.8. The maximum absolute atomic E-state index is 12.8. The highest BCUT2D eigenvalue weighted by atomic mass is 16.5. The number of hydrogen-bond donors (Lipinski definition) is 1. The second-order valence-corrected chi connectivity index (χ2v) is 11.7. The molecule has 7 heteroatoms. The van der Waals surface area contributed by atoms with Crippen molar-refractivity contribution in [3.8, 4) is 5.88 Å². The summed E-state index contributed by atoms with van der Waals surface area (Å²) in [6, 6.07) is 12.1. The molecule has 0 saturated heterocycles. The third kappa shape index (κ3) is 7.07. The van der Waals surface area contributed by atoms with Crippen molar-refractivity contribution in [1.29, 1.82) is 0 Å². The predicted octanol–water partition coefficient (Wildman–Crippen LogP) is 4.43. The first-order valence-electron chi connectivity index (χ1n) is 14.6. The zero-order chi connectivity index (χ0) is 27.4. The fourth-order valence-electron chi connectivity index (χ4n) is 6.07. The second-order valence-electron chi connectivity index (χ2n) is 11.7. The van der Waals surface area contributed by atoms with E-state index in [2.05, 4.69) is 16.3 Å². The Morgan fingerprint density at radius 1 is 1.08 bits per heavy atom. The SMILES string of the molecule is CC(C)Oc1ccc2c(n1)CCN(CCC1CCC(NC(=O)Cc3ccc4c(=O)n(C)ccc4c3)CC1)CC2. The molecule has 0 spiro atoms. The first-order valence-corrected chi connectivity index (χ1v) is 14.6. The lowest BCUT2D eigenvalue weighted by atomic mass is 9.84. The van der Waals surface area contributed by atoms with Crippen molar-refractivity contribution in [1.82, 2.24) is 19.8 Å². The van der Waals surface area contributed by atoms with E-state index in [-0.39, 0.29) is 23.6 Å². The molecule has 3 aromatic rings. The van der Waals surface area contributed by atoms with E-state index in [1.165, 1.54) is 30.5 Å². The molecule has 3 heterocycles. The van der Waals surface area contributed by atoms with Crippen LogP contribution < -0.4 is 15.6 Å². The largest absolute Gasteiger partial charge is 0.475 e. The summed E-state index contributed by atoms with van der Waals surface area (Å²) in [5.41, 5.74) is 3.49. The van der Waals surface area contributed by atoms with Crippen LogP contribution in [0.5, 0.6) is 5.88 Å². The van der Waals surface area contributed by atoms with Crippen LogP contribution in [0.25, 0.3) is 10.8 Å². The fourth-order valence-corrected chi connectivity index (χ4v) is 6.07. The number of carbonyl (C=O) groups excluding carboxylic acids is 1. The number of ether oxygens (including phenoxy) is 1. The van der Waals surface area contributed by atoms with Gasteiger partial charge in [0.1, 0.15) is 0 Å². The summed E-state index contributed by atoms with van der Waals surface area (Å²) in [5.74, 6) is 1.54. The number of aryl methyl sites for hydroxylation is 1. The summed E-state index contributed by atoms with van der Waals surface area (Å²) in [6.07, 6.45) is 9.99. The molecule has 0 unspecified atom stereocenters. The van der Waals surface area contributed by atoms with Gasteiger partial charge in [-0.1, -0.05) is 18.2 Å². The molecule has 2 aromatic heterocycles. The number of nitrogens with zero attached hydrogens (tertiary/aromatic N) is 3. The van der Waals surface area contributed by atoms with Crippen molar-refractivity contribution in [3.63, 3.8) is 0 Å². The van der Waals surface area contributed by atoms with E-state index in [1.54, 1.807) is 17.8 Å². The number of fused-ring (bicyclic) bond motifs is 2. The summed E-state index contributed by atoms with van der Waals surface area (Å²) in [4.78, 5) is 32.4. The molecule has 39 heavy (non-hydrogen) atoms. The number of benzene rings is 1. The van der Waals surface area contributed by atoms with Crippen molar-refractivity contribution < 1.29 is 9.53 Å². The average molecular weight is 531 g/mol. The van der Waals surface area contributed by atoms with E-state index in [4.69, 9.17) is 9.72 Å². The maximum Gasteiger partial charge on any atom is 0.258 e. The highest BCUT2D eigenvalue weighted by Crippen LogP contribution is 2.28. The molecule has 2 aliphatic rings. The number of rotatable bonds is 8. The van der Waals surface area contributed by atoms with Gasteiger partial charge in [0.15, 0.2) is 0 Å². The van der Waals surface area contributed by atoms with Crippen molar-refractivity contribution in [2.45, 2.75) is 77.4 Å². The molecular formula is C32H42N4O3. The van der Waals surface area contributed by atoms with Crippen LogP contribution in [0.2, 0.25) is 0 Å². The van der Waals surface area contributed by atoms with Crippen LogP contribution in [0.4, 0.5) is 0 Å². The van der Waals surface area contributed by atoms with Crippen molar-refractivity contribution >= 4 is 16.7 Å². The van der Waals surface area contributed by atoms with Gasteiger partial charge in [-0.25, -0.2) is 4.98 Å². The Kier molecular flexibility index (Phi) is 8.66. The molecule has 1 aliphatic carbocycles. The number of nitrogens with one attached hydrogen (secondary N) is 1. The Morgan fingerprint density at radius 2 is 1.87 bits per heavy atom. The predicted molar refractivity (Wildman–Crippen MR) is 155 cm³/mol. The molecule has 7 nitrogen and oxygen atoms in total. The zero-order valence-electron chi connectivity index (χ0n) is 23.6. The van der Waals surface area contributed by atoms with Gasteiger partial charge < -0.3 is 19.5 Å². The Hall–Kier alpha value is -3.19. The number of aromatic nitrogens is 2. The third-order valence-corrected chi connectivity index (χ3v) is 8.34. The summed E-state index contributed by atoms with van der Waals surface area (Å²) in [7, 11) is 1.75. The van der Waals surface area contributed by atoms with E-state index in [0.29, 0.717) is 11.8 Å². The molecule has 1 aliphatic heterocycles. The minimum atomic E-state index is -0.0102. The van der Waals surface area contributed by atoms with Crippen molar-refractivity contribution in [2.75, 3.05) is 19.6 Å². The van der Waals surface area contributed by atoms with E-state index < -0.39 is 0 Å². The summed E-state index contributed by atoms with van der Waals surface area (Å²) in [5, 5.41) is 4.84. The maximum atomic E-state index is 12.8. The molecule has 1 saturated carbocycles. The number of carbonyl (C=O) groups is 1. The van der Waals surface area contributed by atoms with Gasteiger partial charge in [-0.3, -0.25) is 9.59 Å². The Labute approximate surface area is 231 Å². The van der Waals surface area contributed by atoms with Crippen LogP contribution in [-0.2, 0) is 31.1 Å². The zero-order valence-corrected chi connectivity index (χ0v) is 23.6. The van der Waals surface area contributed by atoms with Gasteiger partial charge in [0, 0.05) is 55.9 Å². The van der Waals surface area contributed by atoms with Crippen molar-refractivity contribution in [2.24, 2.45) is 13.0 Å². The Morgan fingerprint density at radius 3 is 2.67 bits per heavy atom. The molecular weight excluding hydrogens is 488 g/mol. The molecule has 1 N–H and O–H groups in total. The van der Waals surface area contributed by atoms with Crippen LogP contribution in [0.3, 0.4) is 0 Å². The molecule has 0 bridgehead atoms. The highest BCUT2D eigenvalue weighted by molar-refractivity contribution is 5.84. The van der Waals surface area contributed by atoms with E-state index in [1.807, 2.05) is 44.2 Å². The van der Waals surface area contributed by atoms with Gasteiger partial charge in [-0.15, -0.1) is 0 Å². The minimum absolute atomic E-state index is 0.0102. The molecule has 0 atom stereocenters. The number of amides is 1. The molecule has 1 fully saturated rings. The molecule has 208 valence electrons. The van der Waals surface area contributed by atoms with Crippen LogP contribution >= 0.6 is 0 Å². The molecule has 5 rings (SSSR count). The summed E-state index contributed by atoms with van der Waals surface area (Å²) < 4.78 is 7.38. The normalized spacial score (nSPS) is 20.0. The van der Waals surface area contributed by atoms with Gasteiger partial charge in [0.25, 0.3) is 5.56 Å². The van der Waals surface area contributed by atoms with E-state index in [0.717, 1.165) is 68.1 Å². The lowest BCUT2D eigenvalue weighted by molar-refractivity contribution is -0.121. The standard InChI is InChI=1S/C32H42N4O3/c1-22(2)39-31-11-7-25-14-18-36(19-15-29(25)34-31)17-12-23-4-8-27(9-5-23)33-30(37)21-24-6-10-28-26(20-24)13-16-35(3)32(28)38/h6-7,10-11,13,16,20,22-23,27H,4-5,8-9,12,14-15,17-19,21H2,1-3H3,(H,33,37). The Balaban J connectivity index is 1.04. The molecule has 1 amide bonds. The first kappa shape index (κ1) is 27.4. The molecule has 0 radical (unpaired) electrons. The molecule has 1 aromatic carbocycles. The Bertz CT molecular complexity index is 1360. The lowest BCUT2D eigenvalue weighted by Gasteiger charge is -2.30. The second kappa shape index (κ2) is 12.3. The summed E-state index contributed by atoms with van der Waals surface area (Å²) >= 11 is 0. The van der Waals surface area contributed by atoms with Gasteiger partial charge >= 0.3 is 0 Å². The lowest BCUT2D eigenvalue weighted by Crippen LogP contribution is -2.39. The van der Waals surface area contributed by atoms with Gasteiger partial charge in [0.05, 0.1) is 12.5 Å². The quantitative estimate of drug-likeness (QED) is 0.466. The smallest absolute Gasteiger partial charge is 0.258 e. The van der Waals surface area contributed by atoms with Crippen LogP contribution in [0.15, 0.2) is 47.4 Å². The monoisotopic (exact) mass is 530 g/mol. The van der Waals surface area contributed by atoms with Crippen LogP contribution in [-0.4, -0.2) is 52.1 Å². The van der Waals surface area contributed by atoms with E-state index >= 15 is 0 Å². The van der Waals surface area contributed by atoms with Crippen LogP contribution in [0, 0.1) is 5.92 Å². The van der Waals surface area contributed by atoms with Crippen LogP contribution in [0.1, 0.15) is 62.8 Å². The third-order valence-electron chi connectivity index (χ3n) is 8.34. The number of pyridine rings is 2. The van der Waals surface area contributed by atoms with Gasteiger partial charge in [-0.05, 0) is 93.5 Å². The van der Waals surface area contributed by atoms with Crippen molar-refractivity contribution in [3.05, 3.63) is 69.8 Å². The van der Waals surface area contributed by atoms with Gasteiger partial charge in [0.2, 0.25) is 11.8 Å². The topological polar surface area (TPSA) is 76.5 Å². The fraction of sp³-hybridized carbons (Fsp3) is 0.531. The van der Waals surface area contributed by atoms with Gasteiger partial charge in [-0.2, -0.15) is 0 Å². The minimum Gasteiger partial charge on any atom is -0.475 e. The summed E-state index contributed by atoms with van der Waals surface area (Å²) in [6.45, 7) is 7.35. The number of hydrogen-bond acceptors (Lipinski definition) is 5. The highest BCUT2D eigenvalue weighted by Gasteiger charge is 2.24. The van der Waals surface area contributed by atoms with E-state index in [9.17, 15) is 9.59 Å².